The number of hydrogen-bond donors (Lipinski definition) is 1. The Bertz CT molecular complexity index is 529. The molecule has 19 heavy (non-hydrogen) atoms. The first-order valence-electron chi connectivity index (χ1n) is 6.45. The van der Waals surface area contributed by atoms with Gasteiger partial charge in [-0.1, -0.05) is 18.2 Å². The van der Waals surface area contributed by atoms with Gasteiger partial charge in [-0.2, -0.15) is 0 Å². The number of pyridine rings is 1. The fraction of sp³-hybridized carbons (Fsp3) is 0.312. The van der Waals surface area contributed by atoms with E-state index in [0.717, 1.165) is 16.6 Å². The van der Waals surface area contributed by atoms with Crippen molar-refractivity contribution in [2.24, 2.45) is 0 Å². The zero-order valence-corrected chi connectivity index (χ0v) is 13.2. The quantitative estimate of drug-likeness (QED) is 0.922. The lowest BCUT2D eigenvalue weighted by atomic mass is 9.95. The standard InChI is InChI=1S/C16H19BrN2/c1-11-5-4-6-12(2)14(11)9-16(18-3)15-8-7-13(17)10-19-15/h4-8,10,16,18H,9H2,1-3H3. The Morgan fingerprint density at radius 1 is 1.16 bits per heavy atom. The molecule has 0 aliphatic carbocycles. The van der Waals surface area contributed by atoms with E-state index in [9.17, 15) is 0 Å². The molecule has 0 radical (unpaired) electrons. The second-order valence-electron chi connectivity index (χ2n) is 4.82. The zero-order valence-electron chi connectivity index (χ0n) is 11.6. The zero-order chi connectivity index (χ0) is 13.8. The van der Waals surface area contributed by atoms with Crippen molar-refractivity contribution in [1.29, 1.82) is 0 Å². The molecule has 0 bridgehead atoms. The molecule has 1 aromatic carbocycles. The minimum atomic E-state index is 0.243. The van der Waals surface area contributed by atoms with Crippen LogP contribution in [-0.4, -0.2) is 12.0 Å². The average Bonchev–Trinajstić information content (AvgIpc) is 2.40. The molecular weight excluding hydrogens is 300 g/mol. The van der Waals surface area contributed by atoms with Gasteiger partial charge < -0.3 is 5.32 Å². The molecule has 3 heteroatoms. The first kappa shape index (κ1) is 14.2. The highest BCUT2D eigenvalue weighted by molar-refractivity contribution is 9.10. The third-order valence-corrected chi connectivity index (χ3v) is 3.98. The minimum Gasteiger partial charge on any atom is -0.311 e. The van der Waals surface area contributed by atoms with Gasteiger partial charge in [-0.15, -0.1) is 0 Å². The maximum atomic E-state index is 4.50. The van der Waals surface area contributed by atoms with Crippen molar-refractivity contribution in [1.82, 2.24) is 10.3 Å². The van der Waals surface area contributed by atoms with E-state index in [-0.39, 0.29) is 6.04 Å². The third-order valence-electron chi connectivity index (χ3n) is 3.51. The van der Waals surface area contributed by atoms with Gasteiger partial charge in [-0.05, 0) is 72.1 Å². The molecule has 2 rings (SSSR count). The Morgan fingerprint density at radius 3 is 2.37 bits per heavy atom. The fourth-order valence-electron chi connectivity index (χ4n) is 2.32. The van der Waals surface area contributed by atoms with Crippen LogP contribution in [0, 0.1) is 13.8 Å². The van der Waals surface area contributed by atoms with Crippen molar-refractivity contribution in [2.75, 3.05) is 7.05 Å². The van der Waals surface area contributed by atoms with E-state index in [1.807, 2.05) is 19.3 Å². The van der Waals surface area contributed by atoms with Crippen LogP contribution in [0.2, 0.25) is 0 Å². The fourth-order valence-corrected chi connectivity index (χ4v) is 2.56. The second kappa shape index (κ2) is 6.31. The topological polar surface area (TPSA) is 24.9 Å². The molecule has 2 aromatic rings. The lowest BCUT2D eigenvalue weighted by Gasteiger charge is -2.18. The molecule has 0 saturated heterocycles. The van der Waals surface area contributed by atoms with Crippen molar-refractivity contribution >= 4 is 15.9 Å². The molecule has 0 spiro atoms. The Labute approximate surface area is 123 Å². The predicted octanol–water partition coefficient (Wildman–Crippen LogP) is 3.96. The van der Waals surface area contributed by atoms with E-state index in [0.29, 0.717) is 0 Å². The van der Waals surface area contributed by atoms with Crippen molar-refractivity contribution in [2.45, 2.75) is 26.3 Å². The summed E-state index contributed by atoms with van der Waals surface area (Å²) in [6.07, 6.45) is 2.81. The highest BCUT2D eigenvalue weighted by Crippen LogP contribution is 2.22. The van der Waals surface area contributed by atoms with E-state index in [4.69, 9.17) is 0 Å². The monoisotopic (exact) mass is 318 g/mol. The number of aromatic nitrogens is 1. The van der Waals surface area contributed by atoms with Crippen LogP contribution < -0.4 is 5.32 Å². The molecule has 0 amide bonds. The molecule has 2 nitrogen and oxygen atoms in total. The summed E-state index contributed by atoms with van der Waals surface area (Å²) < 4.78 is 1.01. The largest absolute Gasteiger partial charge is 0.311 e. The third kappa shape index (κ3) is 3.43. The molecule has 1 atom stereocenters. The van der Waals surface area contributed by atoms with Crippen LogP contribution in [0.25, 0.3) is 0 Å². The highest BCUT2D eigenvalue weighted by atomic mass is 79.9. The number of aryl methyl sites for hydroxylation is 2. The first-order valence-corrected chi connectivity index (χ1v) is 7.25. The van der Waals surface area contributed by atoms with Crippen molar-refractivity contribution in [3.05, 3.63) is 63.4 Å². The summed E-state index contributed by atoms with van der Waals surface area (Å²) in [5, 5.41) is 3.36. The smallest absolute Gasteiger partial charge is 0.0577 e. The SMILES string of the molecule is CNC(Cc1c(C)cccc1C)c1ccc(Br)cn1. The number of likely N-dealkylation sites (N-methyl/N-ethyl adjacent to an activating group) is 1. The van der Waals surface area contributed by atoms with Crippen LogP contribution in [0.4, 0.5) is 0 Å². The number of hydrogen-bond acceptors (Lipinski definition) is 2. The van der Waals surface area contributed by atoms with Crippen molar-refractivity contribution < 1.29 is 0 Å². The van der Waals surface area contributed by atoms with Gasteiger partial charge in [0.05, 0.1) is 11.7 Å². The average molecular weight is 319 g/mol. The number of rotatable bonds is 4. The summed E-state index contributed by atoms with van der Waals surface area (Å²) in [5.41, 5.74) is 5.18. The van der Waals surface area contributed by atoms with Crippen molar-refractivity contribution in [3.63, 3.8) is 0 Å². The lowest BCUT2D eigenvalue weighted by Crippen LogP contribution is -2.20. The Hall–Kier alpha value is -1.19. The lowest BCUT2D eigenvalue weighted by molar-refractivity contribution is 0.573. The number of benzene rings is 1. The Kier molecular flexibility index (Phi) is 4.72. The van der Waals surface area contributed by atoms with E-state index in [1.165, 1.54) is 16.7 Å². The van der Waals surface area contributed by atoms with Gasteiger partial charge in [-0.3, -0.25) is 4.98 Å². The van der Waals surface area contributed by atoms with Crippen LogP contribution >= 0.6 is 15.9 Å². The van der Waals surface area contributed by atoms with Crippen LogP contribution in [0.5, 0.6) is 0 Å². The van der Waals surface area contributed by atoms with E-state index < -0.39 is 0 Å². The molecule has 1 N–H and O–H groups in total. The molecule has 0 saturated carbocycles. The van der Waals surface area contributed by atoms with Gasteiger partial charge in [0.15, 0.2) is 0 Å². The normalized spacial score (nSPS) is 12.4. The van der Waals surface area contributed by atoms with Crippen LogP contribution in [-0.2, 0) is 6.42 Å². The number of halogens is 1. The van der Waals surface area contributed by atoms with Crippen LogP contribution in [0.15, 0.2) is 41.0 Å². The number of nitrogens with one attached hydrogen (secondary N) is 1. The maximum Gasteiger partial charge on any atom is 0.0577 e. The van der Waals surface area contributed by atoms with Gasteiger partial charge in [0.25, 0.3) is 0 Å². The Balaban J connectivity index is 2.26. The first-order chi connectivity index (χ1) is 9.11. The molecule has 0 aliphatic heterocycles. The van der Waals surface area contributed by atoms with E-state index in [2.05, 4.69) is 64.3 Å². The van der Waals surface area contributed by atoms with Gasteiger partial charge in [0.2, 0.25) is 0 Å². The summed E-state index contributed by atoms with van der Waals surface area (Å²) in [4.78, 5) is 4.50. The van der Waals surface area contributed by atoms with Gasteiger partial charge in [0.1, 0.15) is 0 Å². The maximum absolute atomic E-state index is 4.50. The summed E-state index contributed by atoms with van der Waals surface area (Å²) in [6, 6.07) is 10.8. The summed E-state index contributed by atoms with van der Waals surface area (Å²) in [7, 11) is 1.99. The van der Waals surface area contributed by atoms with Crippen molar-refractivity contribution in [3.8, 4) is 0 Å². The minimum absolute atomic E-state index is 0.243. The predicted molar refractivity (Wildman–Crippen MR) is 83.4 cm³/mol. The van der Waals surface area contributed by atoms with Crippen LogP contribution in [0.3, 0.4) is 0 Å². The molecule has 0 fully saturated rings. The van der Waals surface area contributed by atoms with Gasteiger partial charge >= 0.3 is 0 Å². The molecule has 1 unspecified atom stereocenters. The van der Waals surface area contributed by atoms with E-state index >= 15 is 0 Å². The molecule has 1 heterocycles. The molecular formula is C16H19BrN2. The van der Waals surface area contributed by atoms with Gasteiger partial charge in [-0.25, -0.2) is 0 Å². The second-order valence-corrected chi connectivity index (χ2v) is 5.73. The Morgan fingerprint density at radius 2 is 1.84 bits per heavy atom. The summed E-state index contributed by atoms with van der Waals surface area (Å²) in [6.45, 7) is 4.34. The van der Waals surface area contributed by atoms with Crippen LogP contribution in [0.1, 0.15) is 28.4 Å². The molecule has 1 aromatic heterocycles. The summed E-state index contributed by atoms with van der Waals surface area (Å²) in [5.74, 6) is 0. The van der Waals surface area contributed by atoms with E-state index in [1.54, 1.807) is 0 Å². The molecule has 0 aliphatic rings. The van der Waals surface area contributed by atoms with Gasteiger partial charge in [0, 0.05) is 10.7 Å². The highest BCUT2D eigenvalue weighted by Gasteiger charge is 2.14. The number of nitrogens with zero attached hydrogens (tertiary/aromatic N) is 1. The summed E-state index contributed by atoms with van der Waals surface area (Å²) >= 11 is 3.42. The molecule has 100 valence electrons.